The second kappa shape index (κ2) is 7.89. The molecule has 26 heavy (non-hydrogen) atoms. The third-order valence-corrected chi connectivity index (χ3v) is 4.84. The Balaban J connectivity index is 0.00000196. The van der Waals surface area contributed by atoms with Crippen molar-refractivity contribution in [1.29, 1.82) is 0 Å². The molecule has 6 heteroatoms. The van der Waals surface area contributed by atoms with Crippen LogP contribution in [0.1, 0.15) is 30.2 Å². The largest absolute Gasteiger partial charge is 0.460 e. The van der Waals surface area contributed by atoms with E-state index < -0.39 is 0 Å². The number of halogens is 1. The van der Waals surface area contributed by atoms with E-state index in [4.69, 9.17) is 4.42 Å². The van der Waals surface area contributed by atoms with Gasteiger partial charge in [0.15, 0.2) is 0 Å². The van der Waals surface area contributed by atoms with Crippen LogP contribution in [0, 0.1) is 0 Å². The number of carbonyl (C=O) groups is 1. The summed E-state index contributed by atoms with van der Waals surface area (Å²) < 4.78 is 5.91. The molecule has 136 valence electrons. The van der Waals surface area contributed by atoms with Crippen LogP contribution >= 0.6 is 12.4 Å². The third kappa shape index (κ3) is 3.45. The van der Waals surface area contributed by atoms with E-state index in [9.17, 15) is 4.79 Å². The lowest BCUT2D eigenvalue weighted by molar-refractivity contribution is -0.136. The minimum atomic E-state index is -0.315. The number of rotatable bonds is 3. The summed E-state index contributed by atoms with van der Waals surface area (Å²) in [5.41, 5.74) is 1.88. The lowest BCUT2D eigenvalue weighted by atomic mass is 10.0. The number of fused-ring (bicyclic) bond motifs is 1. The predicted molar refractivity (Wildman–Crippen MR) is 103 cm³/mol. The lowest BCUT2D eigenvalue weighted by Crippen LogP contribution is -2.49. The van der Waals surface area contributed by atoms with Gasteiger partial charge in [-0.15, -0.1) is 12.4 Å². The average Bonchev–Trinajstić information content (AvgIpc) is 3.12. The molecule has 5 nitrogen and oxygen atoms in total. The number of pyridine rings is 1. The number of furan rings is 1. The molecule has 1 fully saturated rings. The normalized spacial score (nSPS) is 18.3. The first-order chi connectivity index (χ1) is 12.2. The van der Waals surface area contributed by atoms with Crippen LogP contribution in [0.4, 0.5) is 0 Å². The molecule has 1 aliphatic rings. The maximum Gasteiger partial charge on any atom is 0.233 e. The Kier molecular flexibility index (Phi) is 5.59. The van der Waals surface area contributed by atoms with Gasteiger partial charge in [-0.25, -0.2) is 0 Å². The highest BCUT2D eigenvalue weighted by Gasteiger charge is 2.32. The first kappa shape index (κ1) is 18.4. The minimum absolute atomic E-state index is 0. The number of nitrogens with one attached hydrogen (secondary N) is 1. The highest BCUT2D eigenvalue weighted by Crippen LogP contribution is 2.30. The van der Waals surface area contributed by atoms with E-state index in [1.54, 1.807) is 6.20 Å². The number of carbonyl (C=O) groups excluding carboxylic acids is 1. The zero-order valence-electron chi connectivity index (χ0n) is 14.6. The van der Waals surface area contributed by atoms with E-state index in [2.05, 4.69) is 10.3 Å². The van der Waals surface area contributed by atoms with E-state index in [-0.39, 0.29) is 30.3 Å². The summed E-state index contributed by atoms with van der Waals surface area (Å²) >= 11 is 0. The van der Waals surface area contributed by atoms with Crippen molar-refractivity contribution in [3.05, 3.63) is 66.2 Å². The van der Waals surface area contributed by atoms with Crippen LogP contribution in [0.15, 0.2) is 59.3 Å². The Morgan fingerprint density at radius 2 is 2.15 bits per heavy atom. The van der Waals surface area contributed by atoms with E-state index in [0.717, 1.165) is 35.4 Å². The number of nitrogens with zero attached hydrogens (tertiary/aromatic N) is 2. The molecule has 3 heterocycles. The van der Waals surface area contributed by atoms with Gasteiger partial charge in [0.2, 0.25) is 5.91 Å². The van der Waals surface area contributed by atoms with Gasteiger partial charge in [0.25, 0.3) is 0 Å². The van der Waals surface area contributed by atoms with Crippen molar-refractivity contribution >= 4 is 29.3 Å². The second-order valence-electron chi connectivity index (χ2n) is 6.45. The van der Waals surface area contributed by atoms with Gasteiger partial charge in [-0.3, -0.25) is 9.78 Å². The van der Waals surface area contributed by atoms with Crippen molar-refractivity contribution in [3.63, 3.8) is 0 Å². The summed E-state index contributed by atoms with van der Waals surface area (Å²) in [6.07, 6.45) is 3.59. The SMILES string of the molecule is CC(C(=O)N1CCNCC1c1cccnc1)c1cc2ccccc2o1.Cl. The fourth-order valence-electron chi connectivity index (χ4n) is 3.43. The molecule has 1 aliphatic heterocycles. The molecule has 1 saturated heterocycles. The number of piperazine rings is 1. The van der Waals surface area contributed by atoms with Gasteiger partial charge in [0, 0.05) is 37.4 Å². The van der Waals surface area contributed by atoms with Gasteiger partial charge in [-0.1, -0.05) is 24.3 Å². The molecular weight excluding hydrogens is 350 g/mol. The summed E-state index contributed by atoms with van der Waals surface area (Å²) in [7, 11) is 0. The number of benzene rings is 1. The first-order valence-corrected chi connectivity index (χ1v) is 8.63. The van der Waals surface area contributed by atoms with Gasteiger partial charge in [-0.05, 0) is 30.7 Å². The molecule has 0 bridgehead atoms. The molecule has 0 spiro atoms. The number of amides is 1. The van der Waals surface area contributed by atoms with Crippen LogP contribution in [0.5, 0.6) is 0 Å². The fourth-order valence-corrected chi connectivity index (χ4v) is 3.43. The lowest BCUT2D eigenvalue weighted by Gasteiger charge is -2.37. The van der Waals surface area contributed by atoms with E-state index in [0.29, 0.717) is 6.54 Å². The number of hydrogen-bond donors (Lipinski definition) is 1. The van der Waals surface area contributed by atoms with Crippen LogP contribution in [0.25, 0.3) is 11.0 Å². The maximum atomic E-state index is 13.2. The van der Waals surface area contributed by atoms with Gasteiger partial charge in [0.1, 0.15) is 11.3 Å². The molecule has 1 aromatic carbocycles. The summed E-state index contributed by atoms with van der Waals surface area (Å²) in [6, 6.07) is 13.8. The first-order valence-electron chi connectivity index (χ1n) is 8.63. The van der Waals surface area contributed by atoms with Gasteiger partial charge in [-0.2, -0.15) is 0 Å². The molecule has 2 aromatic heterocycles. The smallest absolute Gasteiger partial charge is 0.233 e. The highest BCUT2D eigenvalue weighted by molar-refractivity contribution is 5.86. The zero-order valence-corrected chi connectivity index (χ0v) is 15.4. The predicted octanol–water partition coefficient (Wildman–Crippen LogP) is 3.53. The second-order valence-corrected chi connectivity index (χ2v) is 6.45. The Hall–Kier alpha value is -2.37. The average molecular weight is 372 g/mol. The quantitative estimate of drug-likeness (QED) is 0.765. The topological polar surface area (TPSA) is 58.4 Å². The Labute approximate surface area is 158 Å². The van der Waals surface area contributed by atoms with Crippen molar-refractivity contribution < 1.29 is 9.21 Å². The summed E-state index contributed by atoms with van der Waals surface area (Å²) in [6.45, 7) is 4.14. The standard InChI is InChI=1S/C20H21N3O2.ClH/c1-14(19-11-15-5-2-3-7-18(15)25-19)20(24)23-10-9-22-13-17(23)16-6-4-8-21-12-16;/h2-8,11-12,14,17,22H,9-10,13H2,1H3;1H. The number of hydrogen-bond acceptors (Lipinski definition) is 4. The molecule has 4 rings (SSSR count). The maximum absolute atomic E-state index is 13.2. The molecule has 1 N–H and O–H groups in total. The van der Waals surface area contributed by atoms with Crippen LogP contribution in [0.2, 0.25) is 0 Å². The van der Waals surface area contributed by atoms with Gasteiger partial charge >= 0.3 is 0 Å². The van der Waals surface area contributed by atoms with Crippen LogP contribution in [-0.2, 0) is 4.79 Å². The Bertz CT molecular complexity index is 848. The third-order valence-electron chi connectivity index (χ3n) is 4.84. The van der Waals surface area contributed by atoms with E-state index >= 15 is 0 Å². The Morgan fingerprint density at radius 1 is 1.31 bits per heavy atom. The number of para-hydroxylation sites is 1. The zero-order chi connectivity index (χ0) is 17.2. The molecule has 3 aromatic rings. The van der Waals surface area contributed by atoms with E-state index in [1.807, 2.05) is 60.5 Å². The van der Waals surface area contributed by atoms with Crippen molar-refractivity contribution in [3.8, 4) is 0 Å². The molecule has 2 unspecified atom stereocenters. The van der Waals surface area contributed by atoms with Crippen molar-refractivity contribution in [2.75, 3.05) is 19.6 Å². The molecule has 2 atom stereocenters. The highest BCUT2D eigenvalue weighted by atomic mass is 35.5. The van der Waals surface area contributed by atoms with Crippen molar-refractivity contribution in [1.82, 2.24) is 15.2 Å². The Morgan fingerprint density at radius 3 is 2.92 bits per heavy atom. The summed E-state index contributed by atoms with van der Waals surface area (Å²) in [5.74, 6) is 0.494. The van der Waals surface area contributed by atoms with Crippen molar-refractivity contribution in [2.24, 2.45) is 0 Å². The molecule has 1 amide bonds. The van der Waals surface area contributed by atoms with Gasteiger partial charge < -0.3 is 14.6 Å². The molecule has 0 radical (unpaired) electrons. The summed E-state index contributed by atoms with van der Waals surface area (Å²) in [5, 5.41) is 4.40. The summed E-state index contributed by atoms with van der Waals surface area (Å²) in [4.78, 5) is 19.3. The molecule has 0 saturated carbocycles. The molecule has 0 aliphatic carbocycles. The minimum Gasteiger partial charge on any atom is -0.460 e. The van der Waals surface area contributed by atoms with Crippen LogP contribution in [0.3, 0.4) is 0 Å². The fraction of sp³-hybridized carbons (Fsp3) is 0.300. The van der Waals surface area contributed by atoms with Crippen LogP contribution in [-0.4, -0.2) is 35.4 Å². The molecular formula is C20H22ClN3O2. The van der Waals surface area contributed by atoms with Crippen LogP contribution < -0.4 is 5.32 Å². The van der Waals surface area contributed by atoms with Gasteiger partial charge in [0.05, 0.1) is 12.0 Å². The van der Waals surface area contributed by atoms with Crippen molar-refractivity contribution in [2.45, 2.75) is 18.9 Å². The number of aromatic nitrogens is 1. The van der Waals surface area contributed by atoms with E-state index in [1.165, 1.54) is 0 Å². The monoisotopic (exact) mass is 371 g/mol.